The maximum Gasteiger partial charge on any atom is 0.338 e. The number of ether oxygens (including phenoxy) is 1. The maximum atomic E-state index is 11.6. The quantitative estimate of drug-likeness (QED) is 0.842. The van der Waals surface area contributed by atoms with Crippen molar-refractivity contribution in [1.82, 2.24) is 4.98 Å². The van der Waals surface area contributed by atoms with E-state index in [4.69, 9.17) is 9.84 Å². The van der Waals surface area contributed by atoms with Gasteiger partial charge in [-0.05, 0) is 12.1 Å². The van der Waals surface area contributed by atoms with Gasteiger partial charge in [-0.25, -0.2) is 9.78 Å². The molecule has 1 aromatic heterocycles. The highest BCUT2D eigenvalue weighted by Crippen LogP contribution is 2.12. The molecule has 0 fully saturated rings. The van der Waals surface area contributed by atoms with Crippen LogP contribution in [-0.2, 0) is 18.0 Å². The molecule has 0 aliphatic rings. The van der Waals surface area contributed by atoms with Crippen LogP contribution >= 0.6 is 11.3 Å². The maximum absolute atomic E-state index is 11.6. The summed E-state index contributed by atoms with van der Waals surface area (Å²) in [6.45, 7) is 0.0432. The van der Waals surface area contributed by atoms with Crippen molar-refractivity contribution in [2.24, 2.45) is 0 Å². The summed E-state index contributed by atoms with van der Waals surface area (Å²) in [5.74, 6) is -0.369. The largest absolute Gasteiger partial charge is 0.455 e. The topological polar surface area (TPSA) is 59.4 Å². The molecule has 2 rings (SSSR count). The molecule has 0 saturated carbocycles. The lowest BCUT2D eigenvalue weighted by molar-refractivity contribution is 0.0472. The van der Waals surface area contributed by atoms with E-state index in [9.17, 15) is 4.79 Å². The Balaban J connectivity index is 1.92. The number of aliphatic hydroxyl groups is 1. The van der Waals surface area contributed by atoms with Gasteiger partial charge in [-0.15, -0.1) is 11.3 Å². The number of thiazole rings is 1. The number of rotatable bonds is 4. The number of benzene rings is 1. The molecule has 0 radical (unpaired) electrons. The fourth-order valence-corrected chi connectivity index (χ4v) is 1.97. The Morgan fingerprint density at radius 2 is 2.12 bits per heavy atom. The van der Waals surface area contributed by atoms with Gasteiger partial charge in [-0.3, -0.25) is 0 Å². The normalized spacial score (nSPS) is 10.2. The second-order valence-electron chi connectivity index (χ2n) is 3.33. The first-order valence-electron chi connectivity index (χ1n) is 5.06. The average Bonchev–Trinajstić information content (AvgIpc) is 2.85. The zero-order valence-electron chi connectivity index (χ0n) is 9.00. The summed E-state index contributed by atoms with van der Waals surface area (Å²) < 4.78 is 5.10. The van der Waals surface area contributed by atoms with E-state index in [2.05, 4.69) is 4.98 Å². The van der Waals surface area contributed by atoms with Crippen molar-refractivity contribution in [3.8, 4) is 0 Å². The summed E-state index contributed by atoms with van der Waals surface area (Å²) in [5.41, 5.74) is 1.12. The smallest absolute Gasteiger partial charge is 0.338 e. The molecule has 0 amide bonds. The molecule has 4 nitrogen and oxygen atoms in total. The van der Waals surface area contributed by atoms with Crippen molar-refractivity contribution >= 4 is 17.3 Å². The summed E-state index contributed by atoms with van der Waals surface area (Å²) in [5, 5.41) is 11.3. The van der Waals surface area contributed by atoms with Crippen LogP contribution in [0.4, 0.5) is 0 Å². The number of hydrogen-bond acceptors (Lipinski definition) is 5. The highest BCUT2D eigenvalue weighted by molar-refractivity contribution is 7.09. The molecule has 0 atom stereocenters. The van der Waals surface area contributed by atoms with Gasteiger partial charge >= 0.3 is 5.97 Å². The Kier molecular flexibility index (Phi) is 3.85. The molecule has 2 aromatic rings. The minimum Gasteiger partial charge on any atom is -0.455 e. The van der Waals surface area contributed by atoms with Crippen molar-refractivity contribution in [2.45, 2.75) is 13.2 Å². The number of esters is 1. The molecule has 0 aliphatic carbocycles. The summed E-state index contributed by atoms with van der Waals surface area (Å²) in [6.07, 6.45) is 0. The van der Waals surface area contributed by atoms with Crippen molar-refractivity contribution < 1.29 is 14.6 Å². The number of carbonyl (C=O) groups is 1. The van der Waals surface area contributed by atoms with Crippen LogP contribution in [0.25, 0.3) is 0 Å². The van der Waals surface area contributed by atoms with E-state index in [1.54, 1.807) is 29.6 Å². The second kappa shape index (κ2) is 5.56. The zero-order valence-corrected chi connectivity index (χ0v) is 9.81. The van der Waals surface area contributed by atoms with Gasteiger partial charge in [-0.2, -0.15) is 0 Å². The van der Waals surface area contributed by atoms with E-state index in [-0.39, 0.29) is 19.2 Å². The predicted molar refractivity (Wildman–Crippen MR) is 63.6 cm³/mol. The lowest BCUT2D eigenvalue weighted by Gasteiger charge is -2.01. The van der Waals surface area contributed by atoms with Crippen molar-refractivity contribution in [2.75, 3.05) is 0 Å². The Morgan fingerprint density at radius 1 is 1.35 bits per heavy atom. The highest BCUT2D eigenvalue weighted by atomic mass is 32.1. The molecule has 0 unspecified atom stereocenters. The van der Waals surface area contributed by atoms with Crippen LogP contribution in [0.3, 0.4) is 0 Å². The first-order valence-corrected chi connectivity index (χ1v) is 5.94. The monoisotopic (exact) mass is 249 g/mol. The van der Waals surface area contributed by atoms with Crippen molar-refractivity contribution in [3.63, 3.8) is 0 Å². The van der Waals surface area contributed by atoms with E-state index in [1.165, 1.54) is 11.3 Å². The van der Waals surface area contributed by atoms with Gasteiger partial charge in [0.2, 0.25) is 0 Å². The van der Waals surface area contributed by atoms with E-state index in [0.717, 1.165) is 0 Å². The van der Waals surface area contributed by atoms with Gasteiger partial charge in [0.25, 0.3) is 0 Å². The van der Waals surface area contributed by atoms with Gasteiger partial charge in [0, 0.05) is 5.38 Å². The van der Waals surface area contributed by atoms with Crippen LogP contribution in [0.1, 0.15) is 21.1 Å². The molecule has 0 aliphatic heterocycles. The van der Waals surface area contributed by atoms with Gasteiger partial charge < -0.3 is 9.84 Å². The lowest BCUT2D eigenvalue weighted by atomic mass is 10.2. The molecule has 1 heterocycles. The van der Waals surface area contributed by atoms with Crippen LogP contribution in [0.15, 0.2) is 35.7 Å². The third kappa shape index (κ3) is 3.12. The lowest BCUT2D eigenvalue weighted by Crippen LogP contribution is -2.04. The van der Waals surface area contributed by atoms with Crippen LogP contribution in [0.5, 0.6) is 0 Å². The van der Waals surface area contributed by atoms with E-state index < -0.39 is 0 Å². The van der Waals surface area contributed by atoms with Gasteiger partial charge in [0.05, 0.1) is 17.9 Å². The molecule has 0 saturated heterocycles. The number of nitrogens with zero attached hydrogens (tertiary/aromatic N) is 1. The minimum absolute atomic E-state index is 0.0941. The van der Waals surface area contributed by atoms with E-state index >= 15 is 0 Å². The fourth-order valence-electron chi connectivity index (χ4n) is 1.27. The summed E-state index contributed by atoms with van der Waals surface area (Å²) >= 11 is 1.36. The summed E-state index contributed by atoms with van der Waals surface area (Å²) in [7, 11) is 0. The molecule has 1 aromatic carbocycles. The highest BCUT2D eigenvalue weighted by Gasteiger charge is 2.08. The first kappa shape index (κ1) is 11.8. The Hall–Kier alpha value is -1.72. The predicted octanol–water partition coefficient (Wildman–Crippen LogP) is 1.99. The third-order valence-electron chi connectivity index (χ3n) is 2.10. The number of carbonyl (C=O) groups excluding carboxylic acids is 1. The molecular formula is C12H11NO3S. The summed E-state index contributed by atoms with van der Waals surface area (Å²) in [4.78, 5) is 15.7. The fraction of sp³-hybridized carbons (Fsp3) is 0.167. The standard InChI is InChI=1S/C12H11NO3S/c14-6-10-8-17-11(13-10)7-16-12(15)9-4-2-1-3-5-9/h1-5,8,14H,6-7H2. The van der Waals surface area contributed by atoms with Crippen molar-refractivity contribution in [3.05, 3.63) is 52.0 Å². The molecule has 1 N–H and O–H groups in total. The zero-order chi connectivity index (χ0) is 12.1. The Labute approximate surface area is 103 Å². The van der Waals surface area contributed by atoms with Gasteiger partial charge in [0.15, 0.2) is 0 Å². The van der Waals surface area contributed by atoms with Gasteiger partial charge in [0.1, 0.15) is 11.6 Å². The van der Waals surface area contributed by atoms with Crippen LogP contribution in [0, 0.1) is 0 Å². The van der Waals surface area contributed by atoms with E-state index in [0.29, 0.717) is 16.3 Å². The molecule has 0 spiro atoms. The molecule has 17 heavy (non-hydrogen) atoms. The molecule has 88 valence electrons. The molecular weight excluding hydrogens is 238 g/mol. The SMILES string of the molecule is O=C(OCc1nc(CO)cs1)c1ccccc1. The Morgan fingerprint density at radius 3 is 2.76 bits per heavy atom. The van der Waals surface area contributed by atoms with Crippen LogP contribution in [0.2, 0.25) is 0 Å². The van der Waals surface area contributed by atoms with Crippen molar-refractivity contribution in [1.29, 1.82) is 0 Å². The summed E-state index contributed by atoms with van der Waals surface area (Å²) in [6, 6.07) is 8.80. The average molecular weight is 249 g/mol. The number of hydrogen-bond donors (Lipinski definition) is 1. The second-order valence-corrected chi connectivity index (χ2v) is 4.28. The Bertz CT molecular complexity index is 495. The van der Waals surface area contributed by atoms with Gasteiger partial charge in [-0.1, -0.05) is 18.2 Å². The molecule has 5 heteroatoms. The molecule has 0 bridgehead atoms. The third-order valence-corrected chi connectivity index (χ3v) is 2.97. The number of aromatic nitrogens is 1. The van der Waals surface area contributed by atoms with Crippen LogP contribution < -0.4 is 0 Å². The van der Waals surface area contributed by atoms with Crippen LogP contribution in [-0.4, -0.2) is 16.1 Å². The number of aliphatic hydroxyl groups excluding tert-OH is 1. The first-order chi connectivity index (χ1) is 8.29. The van der Waals surface area contributed by atoms with E-state index in [1.807, 2.05) is 6.07 Å². The minimum atomic E-state index is -0.369.